The molecular formula is C30H49N5O5S. The van der Waals surface area contributed by atoms with Crippen molar-refractivity contribution in [3.8, 4) is 0 Å². The summed E-state index contributed by atoms with van der Waals surface area (Å²) in [7, 11) is 0. The Labute approximate surface area is 248 Å². The maximum absolute atomic E-state index is 14.2. The summed E-state index contributed by atoms with van der Waals surface area (Å²) in [5.74, 6) is -1.46. The minimum Gasteiger partial charge on any atom is -0.363 e. The standard InChI is InChI=1S/C30H49N5O5S/c1-28(2,3)23(33-27(40)34-30(16-41-6)12-8-7-9-13-30)26(39)35-15-18-20(29(18,4)5)21(35)25(38)32-19(14-17-10-11-17)22(36)24(31)37/h17-21,23H,7-16H2,1-6H3,(H2,31,37)(H,32,38)(H2,33,34,40)/t18?,19?,20?,21-,23+/m0/s1. The first kappa shape index (κ1) is 31.6. The van der Waals surface area contributed by atoms with E-state index in [9.17, 15) is 24.0 Å². The predicted molar refractivity (Wildman–Crippen MR) is 159 cm³/mol. The van der Waals surface area contributed by atoms with Gasteiger partial charge in [0.15, 0.2) is 0 Å². The number of urea groups is 1. The minimum absolute atomic E-state index is 0.0711. The largest absolute Gasteiger partial charge is 0.363 e. The number of nitrogens with zero attached hydrogens (tertiary/aromatic N) is 1. The molecule has 1 saturated heterocycles. The van der Waals surface area contributed by atoms with Crippen molar-refractivity contribution in [2.75, 3.05) is 18.6 Å². The summed E-state index contributed by atoms with van der Waals surface area (Å²) in [5, 5.41) is 9.00. The van der Waals surface area contributed by atoms with Crippen LogP contribution < -0.4 is 21.7 Å². The minimum atomic E-state index is -1.07. The van der Waals surface area contributed by atoms with Crippen LogP contribution in [0.25, 0.3) is 0 Å². The molecule has 3 unspecified atom stereocenters. The molecule has 0 aromatic heterocycles. The van der Waals surface area contributed by atoms with E-state index in [0.717, 1.165) is 50.7 Å². The van der Waals surface area contributed by atoms with Crippen molar-refractivity contribution in [3.05, 3.63) is 0 Å². The van der Waals surface area contributed by atoms with Gasteiger partial charge in [0.05, 0.1) is 11.6 Å². The smallest absolute Gasteiger partial charge is 0.315 e. The molecule has 4 fully saturated rings. The SMILES string of the molecule is CSCC1(NC(=O)N[C@H](C(=O)N2CC3C([C@H]2C(=O)NC(CC2CC2)C(=O)C(N)=O)C3(C)C)C(C)(C)C)CCCCC1. The molecule has 4 aliphatic rings. The summed E-state index contributed by atoms with van der Waals surface area (Å²) in [6.07, 6.45) is 9.41. The molecule has 5 N–H and O–H groups in total. The van der Waals surface area contributed by atoms with E-state index in [1.165, 1.54) is 0 Å². The van der Waals surface area contributed by atoms with Gasteiger partial charge in [-0.1, -0.05) is 66.7 Å². The molecule has 10 nitrogen and oxygen atoms in total. The van der Waals surface area contributed by atoms with Gasteiger partial charge < -0.3 is 26.6 Å². The van der Waals surface area contributed by atoms with E-state index in [2.05, 4.69) is 29.8 Å². The van der Waals surface area contributed by atoms with Crippen LogP contribution in [0.2, 0.25) is 0 Å². The lowest BCUT2D eigenvalue weighted by molar-refractivity contribution is -0.145. The quantitative estimate of drug-likeness (QED) is 0.271. The Bertz CT molecular complexity index is 1060. The molecule has 0 spiro atoms. The second-order valence-corrected chi connectivity index (χ2v) is 15.4. The highest BCUT2D eigenvalue weighted by molar-refractivity contribution is 7.98. The van der Waals surface area contributed by atoms with Crippen molar-refractivity contribution in [2.24, 2.45) is 34.3 Å². The molecule has 3 saturated carbocycles. The molecule has 0 aromatic carbocycles. The van der Waals surface area contributed by atoms with Gasteiger partial charge in [0.2, 0.25) is 17.6 Å². The maximum Gasteiger partial charge on any atom is 0.315 e. The van der Waals surface area contributed by atoms with Gasteiger partial charge in [0.1, 0.15) is 12.1 Å². The summed E-state index contributed by atoms with van der Waals surface area (Å²) < 4.78 is 0. The van der Waals surface area contributed by atoms with Crippen LogP contribution in [0.4, 0.5) is 4.79 Å². The van der Waals surface area contributed by atoms with Crippen LogP contribution in [0, 0.1) is 28.6 Å². The van der Waals surface area contributed by atoms with Crippen molar-refractivity contribution >= 4 is 41.3 Å². The summed E-state index contributed by atoms with van der Waals surface area (Å²) in [5.41, 5.74) is 4.25. The van der Waals surface area contributed by atoms with E-state index in [1.54, 1.807) is 16.7 Å². The number of hydrogen-bond donors (Lipinski definition) is 4. The fourth-order valence-electron chi connectivity index (χ4n) is 7.19. The fraction of sp³-hybridized carbons (Fsp3) is 0.833. The van der Waals surface area contributed by atoms with E-state index in [-0.39, 0.29) is 40.6 Å². The number of piperidine rings is 1. The zero-order valence-corrected chi connectivity index (χ0v) is 26.3. The van der Waals surface area contributed by atoms with Gasteiger partial charge in [-0.15, -0.1) is 0 Å². The van der Waals surface area contributed by atoms with Gasteiger partial charge in [-0.3, -0.25) is 19.2 Å². The van der Waals surface area contributed by atoms with E-state index < -0.39 is 41.1 Å². The van der Waals surface area contributed by atoms with Crippen LogP contribution in [0.1, 0.15) is 86.0 Å². The lowest BCUT2D eigenvalue weighted by Crippen LogP contribution is -2.63. The van der Waals surface area contributed by atoms with Crippen molar-refractivity contribution in [3.63, 3.8) is 0 Å². The number of nitrogens with one attached hydrogen (secondary N) is 3. The van der Waals surface area contributed by atoms with Gasteiger partial charge in [0, 0.05) is 12.3 Å². The molecule has 230 valence electrons. The second-order valence-electron chi connectivity index (χ2n) is 14.5. The number of hydrogen-bond acceptors (Lipinski definition) is 6. The van der Waals surface area contributed by atoms with Crippen LogP contribution in [0.15, 0.2) is 0 Å². The average molecular weight is 592 g/mol. The number of fused-ring (bicyclic) bond motifs is 1. The monoisotopic (exact) mass is 591 g/mol. The van der Waals surface area contributed by atoms with Crippen molar-refractivity contribution in [1.82, 2.24) is 20.9 Å². The van der Waals surface area contributed by atoms with Gasteiger partial charge in [-0.05, 0) is 54.1 Å². The molecule has 11 heteroatoms. The Morgan fingerprint density at radius 1 is 1.02 bits per heavy atom. The zero-order chi connectivity index (χ0) is 30.3. The number of nitrogens with two attached hydrogens (primary N) is 1. The first-order valence-electron chi connectivity index (χ1n) is 15.1. The third kappa shape index (κ3) is 6.86. The Morgan fingerprint density at radius 3 is 2.20 bits per heavy atom. The molecule has 41 heavy (non-hydrogen) atoms. The molecule has 1 aliphatic heterocycles. The van der Waals surface area contributed by atoms with Crippen LogP contribution in [-0.4, -0.2) is 76.7 Å². The van der Waals surface area contributed by atoms with Crippen molar-refractivity contribution in [2.45, 2.75) is 110 Å². The highest BCUT2D eigenvalue weighted by Gasteiger charge is 2.70. The molecule has 4 rings (SSSR count). The number of likely N-dealkylation sites (tertiary alicyclic amines) is 1. The first-order chi connectivity index (χ1) is 19.1. The number of carbonyl (C=O) groups is 5. The average Bonchev–Trinajstić information content (AvgIpc) is 3.73. The highest BCUT2D eigenvalue weighted by Crippen LogP contribution is 2.65. The van der Waals surface area contributed by atoms with E-state index in [1.807, 2.05) is 27.0 Å². The lowest BCUT2D eigenvalue weighted by Gasteiger charge is -2.40. The van der Waals surface area contributed by atoms with Crippen LogP contribution in [-0.2, 0) is 19.2 Å². The van der Waals surface area contributed by atoms with Crippen LogP contribution in [0.3, 0.4) is 0 Å². The van der Waals surface area contributed by atoms with E-state index >= 15 is 0 Å². The number of primary amides is 1. The first-order valence-corrected chi connectivity index (χ1v) is 16.5. The summed E-state index contributed by atoms with van der Waals surface area (Å²) in [6.45, 7) is 10.3. The number of ketones is 1. The second kappa shape index (κ2) is 11.8. The Morgan fingerprint density at radius 2 is 1.66 bits per heavy atom. The highest BCUT2D eigenvalue weighted by atomic mass is 32.2. The predicted octanol–water partition coefficient (Wildman–Crippen LogP) is 2.59. The Hall–Kier alpha value is -2.30. The number of Topliss-reactive ketones (excluding diaryl/α,β-unsaturated/α-hetero) is 1. The molecule has 0 aromatic rings. The molecular weight excluding hydrogens is 542 g/mol. The molecule has 0 radical (unpaired) electrons. The topological polar surface area (TPSA) is 151 Å². The molecule has 1 heterocycles. The van der Waals surface area contributed by atoms with E-state index in [4.69, 9.17) is 5.73 Å². The summed E-state index contributed by atoms with van der Waals surface area (Å²) in [4.78, 5) is 67.2. The fourth-order valence-corrected chi connectivity index (χ4v) is 8.11. The summed E-state index contributed by atoms with van der Waals surface area (Å²) in [6, 6.07) is -3.00. The Kier molecular flexibility index (Phi) is 9.08. The normalized spacial score (nSPS) is 27.7. The van der Waals surface area contributed by atoms with Gasteiger partial charge in [-0.25, -0.2) is 4.79 Å². The number of rotatable bonds is 11. The molecule has 5 atom stereocenters. The maximum atomic E-state index is 14.2. The molecule has 5 amide bonds. The van der Waals surface area contributed by atoms with Crippen molar-refractivity contribution < 1.29 is 24.0 Å². The lowest BCUT2D eigenvalue weighted by atomic mass is 9.83. The van der Waals surface area contributed by atoms with Crippen LogP contribution in [0.5, 0.6) is 0 Å². The third-order valence-electron chi connectivity index (χ3n) is 9.90. The summed E-state index contributed by atoms with van der Waals surface area (Å²) >= 11 is 1.71. The number of carbonyl (C=O) groups excluding carboxylic acids is 5. The number of thioether (sulfide) groups is 1. The third-order valence-corrected chi connectivity index (χ3v) is 10.7. The molecule has 0 bridgehead atoms. The van der Waals surface area contributed by atoms with E-state index in [0.29, 0.717) is 13.0 Å². The van der Waals surface area contributed by atoms with Gasteiger partial charge in [0.25, 0.3) is 5.91 Å². The zero-order valence-electron chi connectivity index (χ0n) is 25.5. The Balaban J connectivity index is 1.52. The van der Waals surface area contributed by atoms with Crippen LogP contribution >= 0.6 is 11.8 Å². The van der Waals surface area contributed by atoms with Gasteiger partial charge in [-0.2, -0.15) is 11.8 Å². The van der Waals surface area contributed by atoms with Crippen molar-refractivity contribution in [1.29, 1.82) is 0 Å². The molecule has 3 aliphatic carbocycles. The number of amides is 5. The van der Waals surface area contributed by atoms with Gasteiger partial charge >= 0.3 is 6.03 Å².